The summed E-state index contributed by atoms with van der Waals surface area (Å²) in [6, 6.07) is 13.1. The molecule has 0 saturated heterocycles. The van der Waals surface area contributed by atoms with Crippen LogP contribution in [-0.2, 0) is 14.8 Å². The molecule has 0 fully saturated rings. The molecular formula is C20H19NO5S. The van der Waals surface area contributed by atoms with Crippen LogP contribution in [0.4, 0.5) is 0 Å². The van der Waals surface area contributed by atoms with Crippen molar-refractivity contribution in [1.29, 1.82) is 0 Å². The lowest BCUT2D eigenvalue weighted by molar-refractivity contribution is -0.112. The third kappa shape index (κ3) is 3.33. The zero-order chi connectivity index (χ0) is 19.6. The largest absolute Gasteiger partial charge is 0.505 e. The predicted molar refractivity (Wildman–Crippen MR) is 103 cm³/mol. The summed E-state index contributed by atoms with van der Waals surface area (Å²) in [6.45, 7) is 1.64. The quantitative estimate of drug-likeness (QED) is 0.799. The topological polar surface area (TPSA) is 83.9 Å². The van der Waals surface area contributed by atoms with Crippen molar-refractivity contribution in [3.63, 3.8) is 0 Å². The average molecular weight is 385 g/mol. The van der Waals surface area contributed by atoms with Crippen molar-refractivity contribution < 1.29 is 23.1 Å². The number of aliphatic hydroxyl groups is 1. The van der Waals surface area contributed by atoms with Gasteiger partial charge in [0.05, 0.1) is 12.0 Å². The first-order valence-corrected chi connectivity index (χ1v) is 9.76. The number of ketones is 1. The van der Waals surface area contributed by atoms with Gasteiger partial charge in [0, 0.05) is 12.1 Å². The first-order chi connectivity index (χ1) is 12.9. The van der Waals surface area contributed by atoms with Gasteiger partial charge in [-0.15, -0.1) is 0 Å². The number of carbonyl (C=O) groups is 1. The second kappa shape index (κ2) is 7.28. The number of fused-ring (bicyclic) bond motifs is 1. The van der Waals surface area contributed by atoms with Crippen molar-refractivity contribution in [3.8, 4) is 5.75 Å². The molecule has 0 amide bonds. The van der Waals surface area contributed by atoms with E-state index in [-0.39, 0.29) is 28.5 Å². The Hall–Kier alpha value is -3.06. The van der Waals surface area contributed by atoms with Crippen LogP contribution in [0.1, 0.15) is 18.1 Å². The minimum Gasteiger partial charge on any atom is -0.505 e. The normalized spacial score (nSPS) is 15.7. The lowest BCUT2D eigenvalue weighted by Crippen LogP contribution is -2.37. The number of rotatable bonds is 5. The maximum Gasteiger partial charge on any atom is 0.265 e. The molecule has 1 aliphatic heterocycles. The first-order valence-electron chi connectivity index (χ1n) is 8.32. The predicted octanol–water partition coefficient (Wildman–Crippen LogP) is 3.23. The summed E-state index contributed by atoms with van der Waals surface area (Å²) in [4.78, 5) is 12.7. The van der Waals surface area contributed by atoms with Gasteiger partial charge in [0.1, 0.15) is 11.4 Å². The van der Waals surface area contributed by atoms with Gasteiger partial charge in [-0.2, -0.15) is 0 Å². The van der Waals surface area contributed by atoms with E-state index in [2.05, 4.69) is 0 Å². The van der Waals surface area contributed by atoms with Crippen LogP contribution in [0.2, 0.25) is 0 Å². The molecule has 140 valence electrons. The molecule has 0 atom stereocenters. The van der Waals surface area contributed by atoms with Gasteiger partial charge in [0.15, 0.2) is 5.76 Å². The van der Waals surface area contributed by atoms with E-state index in [0.29, 0.717) is 5.75 Å². The fourth-order valence-electron chi connectivity index (χ4n) is 2.91. The summed E-state index contributed by atoms with van der Waals surface area (Å²) in [5.74, 6) is -0.249. The molecule has 2 aromatic carbocycles. The molecule has 2 aromatic rings. The van der Waals surface area contributed by atoms with Crippen LogP contribution in [0.15, 0.2) is 65.2 Å². The Labute approximate surface area is 158 Å². The molecule has 7 heteroatoms. The molecule has 0 bridgehead atoms. The molecule has 6 nitrogen and oxygen atoms in total. The Morgan fingerprint density at radius 3 is 2.44 bits per heavy atom. The monoisotopic (exact) mass is 385 g/mol. The summed E-state index contributed by atoms with van der Waals surface area (Å²) in [7, 11) is -2.35. The lowest BCUT2D eigenvalue weighted by atomic mass is 10.1. The van der Waals surface area contributed by atoms with Crippen LogP contribution in [0.3, 0.4) is 0 Å². The summed E-state index contributed by atoms with van der Waals surface area (Å²) < 4.78 is 31.7. The Morgan fingerprint density at radius 1 is 1.15 bits per heavy atom. The molecule has 1 N–H and O–H groups in total. The minimum atomic E-state index is -3.91. The van der Waals surface area contributed by atoms with E-state index < -0.39 is 15.8 Å². The van der Waals surface area contributed by atoms with Crippen LogP contribution < -0.4 is 4.74 Å². The van der Waals surface area contributed by atoms with E-state index in [9.17, 15) is 18.3 Å². The van der Waals surface area contributed by atoms with E-state index in [4.69, 9.17) is 4.74 Å². The Balaban J connectivity index is 2.02. The van der Waals surface area contributed by atoms with E-state index >= 15 is 0 Å². The van der Waals surface area contributed by atoms with E-state index in [1.807, 2.05) is 0 Å². The minimum absolute atomic E-state index is 0.0139. The van der Waals surface area contributed by atoms with Gasteiger partial charge in [0.2, 0.25) is 5.78 Å². The number of carbonyl (C=O) groups excluding carboxylic acids is 1. The van der Waals surface area contributed by atoms with Gasteiger partial charge >= 0.3 is 0 Å². The maximum absolute atomic E-state index is 12.8. The van der Waals surface area contributed by atoms with Crippen LogP contribution in [0.25, 0.3) is 11.8 Å². The number of ether oxygens (including phenoxy) is 1. The molecule has 3 rings (SSSR count). The van der Waals surface area contributed by atoms with Crippen molar-refractivity contribution in [2.45, 2.75) is 11.8 Å². The van der Waals surface area contributed by atoms with Crippen molar-refractivity contribution in [2.24, 2.45) is 0 Å². The summed E-state index contributed by atoms with van der Waals surface area (Å²) in [5.41, 5.74) is 0.621. The number of aliphatic hydroxyl groups excluding tert-OH is 1. The van der Waals surface area contributed by atoms with Gasteiger partial charge in [-0.1, -0.05) is 30.3 Å². The molecule has 1 heterocycles. The van der Waals surface area contributed by atoms with Crippen LogP contribution >= 0.6 is 0 Å². The number of nitrogens with zero attached hydrogens (tertiary/aromatic N) is 1. The molecule has 0 aliphatic carbocycles. The van der Waals surface area contributed by atoms with Crippen molar-refractivity contribution in [2.75, 3.05) is 13.7 Å². The Morgan fingerprint density at radius 2 is 1.81 bits per heavy atom. The second-order valence-electron chi connectivity index (χ2n) is 5.83. The van der Waals surface area contributed by atoms with E-state index in [1.54, 1.807) is 56.5 Å². The fraction of sp³-hybridized carbons (Fsp3) is 0.150. The van der Waals surface area contributed by atoms with Gasteiger partial charge in [0.25, 0.3) is 10.0 Å². The number of sulfonamides is 1. The molecule has 27 heavy (non-hydrogen) atoms. The maximum atomic E-state index is 12.8. The molecule has 0 unspecified atom stereocenters. The van der Waals surface area contributed by atoms with E-state index in [0.717, 1.165) is 9.87 Å². The number of hydrogen-bond acceptors (Lipinski definition) is 5. The molecule has 0 radical (unpaired) electrons. The van der Waals surface area contributed by atoms with Gasteiger partial charge < -0.3 is 9.84 Å². The molecule has 1 aliphatic rings. The number of likely N-dealkylation sites (N-methyl/N-ethyl adjacent to an activating group) is 1. The SMILES string of the molecule is CCN1C(C(=O)/C=C/c2ccc(OC)cc2)=C(O)c2ccccc2S1(=O)=O. The number of hydrogen-bond donors (Lipinski definition) is 1. The zero-order valence-electron chi connectivity index (χ0n) is 14.9. The molecule has 0 spiro atoms. The molecular weight excluding hydrogens is 366 g/mol. The third-order valence-corrected chi connectivity index (χ3v) is 6.18. The van der Waals surface area contributed by atoms with Gasteiger partial charge in [-0.25, -0.2) is 8.42 Å². The lowest BCUT2D eigenvalue weighted by Gasteiger charge is -2.30. The highest BCUT2D eigenvalue weighted by Gasteiger charge is 2.38. The highest BCUT2D eigenvalue weighted by Crippen LogP contribution is 2.35. The standard InChI is InChI=1S/C20H19NO5S/c1-3-21-19(17(22)13-10-14-8-11-15(26-2)12-9-14)20(23)16-6-4-5-7-18(16)27(21,24)25/h4-13,23H,3H2,1-2H3/b13-10+. The van der Waals surface area contributed by atoms with Crippen LogP contribution in [0, 0.1) is 0 Å². The molecule has 0 saturated carbocycles. The molecule has 0 aromatic heterocycles. The second-order valence-corrected chi connectivity index (χ2v) is 7.66. The van der Waals surface area contributed by atoms with Gasteiger partial charge in [-0.05, 0) is 42.8 Å². The van der Waals surface area contributed by atoms with Crippen molar-refractivity contribution >= 4 is 27.6 Å². The summed E-state index contributed by atoms with van der Waals surface area (Å²) >= 11 is 0. The number of allylic oxidation sites excluding steroid dienone is 1. The highest BCUT2D eigenvalue weighted by atomic mass is 32.2. The van der Waals surface area contributed by atoms with Crippen LogP contribution in [0.5, 0.6) is 5.75 Å². The highest BCUT2D eigenvalue weighted by molar-refractivity contribution is 7.89. The number of benzene rings is 2. The Bertz CT molecular complexity index is 1040. The van der Waals surface area contributed by atoms with Crippen LogP contribution in [-0.4, -0.2) is 37.3 Å². The first kappa shape index (κ1) is 18.7. The fourth-order valence-corrected chi connectivity index (χ4v) is 4.59. The summed E-state index contributed by atoms with van der Waals surface area (Å²) in [6.07, 6.45) is 2.81. The third-order valence-electron chi connectivity index (χ3n) is 4.25. The van der Waals surface area contributed by atoms with Gasteiger partial charge in [-0.3, -0.25) is 9.10 Å². The van der Waals surface area contributed by atoms with Crippen molar-refractivity contribution in [1.82, 2.24) is 4.31 Å². The van der Waals surface area contributed by atoms with Crippen molar-refractivity contribution in [3.05, 3.63) is 71.4 Å². The Kier molecular flexibility index (Phi) is 5.05. The summed E-state index contributed by atoms with van der Waals surface area (Å²) in [5, 5.41) is 10.6. The average Bonchev–Trinajstić information content (AvgIpc) is 2.69. The zero-order valence-corrected chi connectivity index (χ0v) is 15.7. The van der Waals surface area contributed by atoms with E-state index in [1.165, 1.54) is 18.2 Å². The smallest absolute Gasteiger partial charge is 0.265 e. The number of methoxy groups -OCH3 is 1.